The van der Waals surface area contributed by atoms with Gasteiger partial charge in [0.1, 0.15) is 0 Å². The Hall–Kier alpha value is -2.07. The maximum atomic E-state index is 12.3. The van der Waals surface area contributed by atoms with Crippen LogP contribution in [0.15, 0.2) is 65.3 Å². The number of likely N-dealkylation sites (tertiary alicyclic amines) is 1. The van der Waals surface area contributed by atoms with Gasteiger partial charge in [-0.1, -0.05) is 58.4 Å². The van der Waals surface area contributed by atoms with Crippen molar-refractivity contribution in [1.82, 2.24) is 10.2 Å². The summed E-state index contributed by atoms with van der Waals surface area (Å²) in [5, 5.41) is 2.88. The van der Waals surface area contributed by atoms with Crippen LogP contribution in [0.2, 0.25) is 0 Å². The van der Waals surface area contributed by atoms with Crippen molar-refractivity contribution in [1.29, 1.82) is 0 Å². The number of benzene rings is 2. The predicted molar refractivity (Wildman–Crippen MR) is 106 cm³/mol. The lowest BCUT2D eigenvalue weighted by molar-refractivity contribution is 0.173. The first-order chi connectivity index (χ1) is 12.2. The summed E-state index contributed by atoms with van der Waals surface area (Å²) in [4.78, 5) is 14.2. The maximum Gasteiger partial charge on any atom is 0.321 e. The SMILES string of the molecule is O=C(N/C=C/c1cccc(Br)c1)N1CCC(Cc2ccccc2)CC1. The molecule has 4 heteroatoms. The fourth-order valence-electron chi connectivity index (χ4n) is 3.20. The number of nitrogens with one attached hydrogen (secondary N) is 1. The summed E-state index contributed by atoms with van der Waals surface area (Å²) in [7, 11) is 0. The Morgan fingerprint density at radius 3 is 2.60 bits per heavy atom. The Bertz CT molecular complexity index is 722. The first kappa shape index (κ1) is 17.7. The minimum Gasteiger partial charge on any atom is -0.325 e. The molecule has 2 amide bonds. The highest BCUT2D eigenvalue weighted by Crippen LogP contribution is 2.21. The molecule has 0 bridgehead atoms. The largest absolute Gasteiger partial charge is 0.325 e. The molecule has 25 heavy (non-hydrogen) atoms. The zero-order chi connectivity index (χ0) is 17.5. The molecule has 1 aliphatic heterocycles. The molecule has 0 saturated carbocycles. The van der Waals surface area contributed by atoms with Crippen LogP contribution in [0.25, 0.3) is 6.08 Å². The van der Waals surface area contributed by atoms with E-state index in [9.17, 15) is 4.79 Å². The van der Waals surface area contributed by atoms with E-state index in [1.807, 2.05) is 35.2 Å². The Morgan fingerprint density at radius 1 is 1.12 bits per heavy atom. The van der Waals surface area contributed by atoms with Gasteiger partial charge < -0.3 is 10.2 Å². The second-order valence-corrected chi connectivity index (χ2v) is 7.37. The summed E-state index contributed by atoms with van der Waals surface area (Å²) >= 11 is 3.45. The third-order valence-electron chi connectivity index (χ3n) is 4.60. The predicted octanol–water partition coefficient (Wildman–Crippen LogP) is 5.08. The lowest BCUT2D eigenvalue weighted by Crippen LogP contribution is -2.43. The number of hydrogen-bond donors (Lipinski definition) is 1. The fraction of sp³-hybridized carbons (Fsp3) is 0.286. The van der Waals surface area contributed by atoms with Gasteiger partial charge in [-0.05, 0) is 54.5 Å². The molecule has 1 aliphatic rings. The maximum absolute atomic E-state index is 12.3. The van der Waals surface area contributed by atoms with Crippen molar-refractivity contribution in [2.45, 2.75) is 19.3 Å². The van der Waals surface area contributed by atoms with E-state index in [0.29, 0.717) is 5.92 Å². The van der Waals surface area contributed by atoms with Crippen molar-refractivity contribution in [3.8, 4) is 0 Å². The van der Waals surface area contributed by atoms with Gasteiger partial charge >= 0.3 is 6.03 Å². The minimum absolute atomic E-state index is 0.00981. The van der Waals surface area contributed by atoms with E-state index in [4.69, 9.17) is 0 Å². The van der Waals surface area contributed by atoms with Crippen molar-refractivity contribution in [2.75, 3.05) is 13.1 Å². The van der Waals surface area contributed by atoms with E-state index in [-0.39, 0.29) is 6.03 Å². The van der Waals surface area contributed by atoms with Crippen LogP contribution in [0, 0.1) is 5.92 Å². The molecule has 3 rings (SSSR count). The van der Waals surface area contributed by atoms with Crippen molar-refractivity contribution >= 4 is 28.0 Å². The Balaban J connectivity index is 1.44. The number of urea groups is 1. The van der Waals surface area contributed by atoms with Gasteiger partial charge in [0.2, 0.25) is 0 Å². The Morgan fingerprint density at radius 2 is 1.88 bits per heavy atom. The second kappa shape index (κ2) is 8.86. The first-order valence-corrected chi connectivity index (χ1v) is 9.51. The molecule has 0 aliphatic carbocycles. The van der Waals surface area contributed by atoms with Gasteiger partial charge in [-0.15, -0.1) is 0 Å². The lowest BCUT2D eigenvalue weighted by Gasteiger charge is -2.31. The number of carbonyl (C=O) groups excluding carboxylic acids is 1. The summed E-state index contributed by atoms with van der Waals surface area (Å²) in [5.74, 6) is 0.670. The fourth-order valence-corrected chi connectivity index (χ4v) is 3.62. The van der Waals surface area contributed by atoms with E-state index < -0.39 is 0 Å². The summed E-state index contributed by atoms with van der Waals surface area (Å²) in [6.07, 6.45) is 6.87. The molecule has 3 nitrogen and oxygen atoms in total. The van der Waals surface area contributed by atoms with E-state index in [0.717, 1.165) is 42.4 Å². The monoisotopic (exact) mass is 398 g/mol. The van der Waals surface area contributed by atoms with E-state index in [1.165, 1.54) is 5.56 Å². The summed E-state index contributed by atoms with van der Waals surface area (Å²) < 4.78 is 1.03. The zero-order valence-electron chi connectivity index (χ0n) is 14.2. The summed E-state index contributed by atoms with van der Waals surface area (Å²) in [5.41, 5.74) is 2.44. The molecule has 0 spiro atoms. The van der Waals surface area contributed by atoms with Crippen LogP contribution >= 0.6 is 15.9 Å². The van der Waals surface area contributed by atoms with Crippen LogP contribution in [0.5, 0.6) is 0 Å². The van der Waals surface area contributed by atoms with Gasteiger partial charge in [0.05, 0.1) is 0 Å². The minimum atomic E-state index is -0.00981. The van der Waals surface area contributed by atoms with Gasteiger partial charge in [0, 0.05) is 23.8 Å². The lowest BCUT2D eigenvalue weighted by atomic mass is 9.90. The van der Waals surface area contributed by atoms with Crippen molar-refractivity contribution in [2.24, 2.45) is 5.92 Å². The average molecular weight is 399 g/mol. The Kier molecular flexibility index (Phi) is 6.29. The third-order valence-corrected chi connectivity index (χ3v) is 5.09. The quantitative estimate of drug-likeness (QED) is 0.764. The Labute approximate surface area is 157 Å². The molecule has 0 radical (unpaired) electrons. The van der Waals surface area contributed by atoms with Gasteiger partial charge in [-0.3, -0.25) is 0 Å². The van der Waals surface area contributed by atoms with Gasteiger partial charge in [0.25, 0.3) is 0 Å². The molecular weight excluding hydrogens is 376 g/mol. The van der Waals surface area contributed by atoms with Crippen LogP contribution in [0.4, 0.5) is 4.79 Å². The normalized spacial score (nSPS) is 15.5. The first-order valence-electron chi connectivity index (χ1n) is 8.72. The number of halogens is 1. The highest BCUT2D eigenvalue weighted by atomic mass is 79.9. The van der Waals surface area contributed by atoms with Crippen molar-refractivity contribution < 1.29 is 4.79 Å². The van der Waals surface area contributed by atoms with Gasteiger partial charge in [-0.2, -0.15) is 0 Å². The van der Waals surface area contributed by atoms with E-state index >= 15 is 0 Å². The number of nitrogens with zero attached hydrogens (tertiary/aromatic N) is 1. The standard InChI is InChI=1S/C21H23BrN2O/c22-20-8-4-7-18(16-20)9-12-23-21(25)24-13-10-19(11-14-24)15-17-5-2-1-3-6-17/h1-9,12,16,19H,10-11,13-15H2,(H,23,25)/b12-9+. The molecule has 1 N–H and O–H groups in total. The number of piperidine rings is 1. The van der Waals surface area contributed by atoms with Crippen molar-refractivity contribution in [3.63, 3.8) is 0 Å². The van der Waals surface area contributed by atoms with E-state index in [1.54, 1.807) is 6.20 Å². The van der Waals surface area contributed by atoms with Crippen LogP contribution < -0.4 is 5.32 Å². The number of hydrogen-bond acceptors (Lipinski definition) is 1. The van der Waals surface area contributed by atoms with Crippen LogP contribution in [0.3, 0.4) is 0 Å². The molecule has 130 valence electrons. The highest BCUT2D eigenvalue weighted by Gasteiger charge is 2.22. The topological polar surface area (TPSA) is 32.3 Å². The smallest absolute Gasteiger partial charge is 0.321 e. The summed E-state index contributed by atoms with van der Waals surface area (Å²) in [6, 6.07) is 18.6. The molecule has 1 fully saturated rings. The zero-order valence-corrected chi connectivity index (χ0v) is 15.8. The number of amides is 2. The van der Waals surface area contributed by atoms with Gasteiger partial charge in [-0.25, -0.2) is 4.79 Å². The molecule has 0 aromatic heterocycles. The molecule has 2 aromatic rings. The molecule has 0 unspecified atom stereocenters. The van der Waals surface area contributed by atoms with E-state index in [2.05, 4.69) is 51.6 Å². The summed E-state index contributed by atoms with van der Waals surface area (Å²) in [6.45, 7) is 1.65. The highest BCUT2D eigenvalue weighted by molar-refractivity contribution is 9.10. The second-order valence-electron chi connectivity index (χ2n) is 6.46. The number of carbonyl (C=O) groups is 1. The molecule has 0 atom stereocenters. The number of rotatable bonds is 4. The van der Waals surface area contributed by atoms with Crippen molar-refractivity contribution in [3.05, 3.63) is 76.4 Å². The average Bonchev–Trinajstić information content (AvgIpc) is 2.63. The van der Waals surface area contributed by atoms with Gasteiger partial charge in [0.15, 0.2) is 0 Å². The van der Waals surface area contributed by atoms with Crippen LogP contribution in [0.1, 0.15) is 24.0 Å². The molecular formula is C21H23BrN2O. The van der Waals surface area contributed by atoms with Crippen LogP contribution in [-0.4, -0.2) is 24.0 Å². The third kappa shape index (κ3) is 5.46. The molecule has 1 saturated heterocycles. The molecule has 1 heterocycles. The molecule has 2 aromatic carbocycles. The van der Waals surface area contributed by atoms with Crippen LogP contribution in [-0.2, 0) is 6.42 Å².